The highest BCUT2D eigenvalue weighted by Crippen LogP contribution is 2.40. The fourth-order valence-electron chi connectivity index (χ4n) is 4.30. The van der Waals surface area contributed by atoms with Crippen molar-refractivity contribution < 1.29 is 14.3 Å². The molecule has 0 bridgehead atoms. The van der Waals surface area contributed by atoms with Gasteiger partial charge in [0.25, 0.3) is 0 Å². The molecule has 0 aliphatic carbocycles. The highest BCUT2D eigenvalue weighted by molar-refractivity contribution is 5.77. The molecule has 1 spiro atoms. The maximum absolute atomic E-state index is 12.2. The molecule has 2 aliphatic rings. The standard InChI is InChI=1S/C22H34N2O3/c1-4-26-19-7-5-6-8-20(19)27-16-15-23-13-11-22(12-14-23)10-9-21(25)24(17-22)18(2)3/h5-8,18H,4,9-17H2,1-3H3. The molecule has 1 aromatic rings. The van der Waals surface area contributed by atoms with Gasteiger partial charge in [-0.1, -0.05) is 12.1 Å². The highest BCUT2D eigenvalue weighted by atomic mass is 16.5. The topological polar surface area (TPSA) is 42.0 Å². The van der Waals surface area contributed by atoms with Crippen molar-refractivity contribution in [1.29, 1.82) is 0 Å². The molecule has 0 saturated carbocycles. The van der Waals surface area contributed by atoms with Gasteiger partial charge in [0.2, 0.25) is 5.91 Å². The van der Waals surface area contributed by atoms with Crippen LogP contribution < -0.4 is 9.47 Å². The molecule has 0 aromatic heterocycles. The molecule has 5 heteroatoms. The minimum atomic E-state index is 0.312. The molecule has 1 aromatic carbocycles. The van der Waals surface area contributed by atoms with E-state index in [4.69, 9.17) is 9.47 Å². The van der Waals surface area contributed by atoms with Crippen molar-refractivity contribution in [3.05, 3.63) is 24.3 Å². The summed E-state index contributed by atoms with van der Waals surface area (Å²) in [4.78, 5) is 16.7. The van der Waals surface area contributed by atoms with Gasteiger partial charge in [0.15, 0.2) is 11.5 Å². The molecule has 2 fully saturated rings. The van der Waals surface area contributed by atoms with Gasteiger partial charge in [-0.05, 0) is 70.7 Å². The Morgan fingerprint density at radius 1 is 1.07 bits per heavy atom. The Kier molecular flexibility index (Phi) is 6.64. The summed E-state index contributed by atoms with van der Waals surface area (Å²) in [6.45, 7) is 11.6. The molecule has 0 atom stereocenters. The van der Waals surface area contributed by atoms with Crippen molar-refractivity contribution in [3.63, 3.8) is 0 Å². The second-order valence-electron chi connectivity index (χ2n) is 8.19. The normalized spacial score (nSPS) is 20.3. The van der Waals surface area contributed by atoms with Crippen molar-refractivity contribution in [1.82, 2.24) is 9.80 Å². The van der Waals surface area contributed by atoms with E-state index in [9.17, 15) is 4.79 Å². The van der Waals surface area contributed by atoms with Crippen LogP contribution in [0.5, 0.6) is 11.5 Å². The maximum atomic E-state index is 12.2. The van der Waals surface area contributed by atoms with Gasteiger partial charge in [-0.3, -0.25) is 9.69 Å². The minimum absolute atomic E-state index is 0.312. The Hall–Kier alpha value is -1.75. The van der Waals surface area contributed by atoms with Crippen LogP contribution in [-0.2, 0) is 4.79 Å². The molecule has 2 aliphatic heterocycles. The predicted molar refractivity (Wildman–Crippen MR) is 107 cm³/mol. The third-order valence-corrected chi connectivity index (χ3v) is 6.05. The number of rotatable bonds is 7. The summed E-state index contributed by atoms with van der Waals surface area (Å²) in [7, 11) is 0. The number of carbonyl (C=O) groups is 1. The monoisotopic (exact) mass is 374 g/mol. The number of nitrogens with zero attached hydrogens (tertiary/aromatic N) is 2. The zero-order valence-corrected chi connectivity index (χ0v) is 17.1. The van der Waals surface area contributed by atoms with Gasteiger partial charge in [-0.15, -0.1) is 0 Å². The number of likely N-dealkylation sites (tertiary alicyclic amines) is 2. The van der Waals surface area contributed by atoms with Crippen LogP contribution in [0.3, 0.4) is 0 Å². The average Bonchev–Trinajstić information content (AvgIpc) is 2.67. The number of carbonyl (C=O) groups excluding carboxylic acids is 1. The van der Waals surface area contributed by atoms with Crippen LogP contribution in [0.1, 0.15) is 46.5 Å². The molecular weight excluding hydrogens is 340 g/mol. The Labute approximate surface area is 163 Å². The van der Waals surface area contributed by atoms with E-state index in [-0.39, 0.29) is 0 Å². The first-order valence-electron chi connectivity index (χ1n) is 10.4. The van der Waals surface area contributed by atoms with E-state index in [1.807, 2.05) is 31.2 Å². The van der Waals surface area contributed by atoms with E-state index in [0.717, 1.165) is 50.5 Å². The molecule has 1 amide bonds. The molecule has 0 radical (unpaired) electrons. The van der Waals surface area contributed by atoms with E-state index in [2.05, 4.69) is 23.6 Å². The predicted octanol–water partition coefficient (Wildman–Crippen LogP) is 3.58. The number of piperidine rings is 2. The van der Waals surface area contributed by atoms with E-state index in [1.54, 1.807) is 0 Å². The summed E-state index contributed by atoms with van der Waals surface area (Å²) in [5.41, 5.74) is 0.330. The fourth-order valence-corrected chi connectivity index (χ4v) is 4.30. The lowest BCUT2D eigenvalue weighted by Crippen LogP contribution is -2.53. The third-order valence-electron chi connectivity index (χ3n) is 6.05. The first kappa shape index (κ1) is 20.0. The Morgan fingerprint density at radius 2 is 1.74 bits per heavy atom. The van der Waals surface area contributed by atoms with Crippen molar-refractivity contribution in [2.45, 2.75) is 52.5 Å². The van der Waals surface area contributed by atoms with E-state index in [1.165, 1.54) is 12.8 Å². The summed E-state index contributed by atoms with van der Waals surface area (Å²) >= 11 is 0. The second-order valence-corrected chi connectivity index (χ2v) is 8.19. The molecule has 2 saturated heterocycles. The van der Waals surface area contributed by atoms with Gasteiger partial charge in [0.1, 0.15) is 6.61 Å². The Bertz CT molecular complexity index is 624. The summed E-state index contributed by atoms with van der Waals surface area (Å²) in [5.74, 6) is 1.98. The molecule has 27 heavy (non-hydrogen) atoms. The molecule has 3 rings (SSSR count). The number of ether oxygens (including phenoxy) is 2. The lowest BCUT2D eigenvalue weighted by Gasteiger charge is -2.48. The Balaban J connectivity index is 1.46. The summed E-state index contributed by atoms with van der Waals surface area (Å²) in [6, 6.07) is 8.18. The van der Waals surface area contributed by atoms with E-state index in [0.29, 0.717) is 30.6 Å². The minimum Gasteiger partial charge on any atom is -0.490 e. The second kappa shape index (κ2) is 8.96. The first-order chi connectivity index (χ1) is 13.0. The van der Waals surface area contributed by atoms with Crippen LogP contribution >= 0.6 is 0 Å². The van der Waals surface area contributed by atoms with Gasteiger partial charge in [0.05, 0.1) is 6.61 Å². The van der Waals surface area contributed by atoms with Crippen LogP contribution in [0, 0.1) is 5.41 Å². The fraction of sp³-hybridized carbons (Fsp3) is 0.682. The smallest absolute Gasteiger partial charge is 0.222 e. The number of para-hydroxylation sites is 2. The molecule has 5 nitrogen and oxygen atoms in total. The van der Waals surface area contributed by atoms with Crippen molar-refractivity contribution in [3.8, 4) is 11.5 Å². The highest BCUT2D eigenvalue weighted by Gasteiger charge is 2.41. The number of hydrogen-bond acceptors (Lipinski definition) is 4. The molecule has 2 heterocycles. The van der Waals surface area contributed by atoms with Crippen LogP contribution in [-0.4, -0.2) is 61.1 Å². The van der Waals surface area contributed by atoms with Gasteiger partial charge >= 0.3 is 0 Å². The zero-order chi connectivity index (χ0) is 19.3. The molecule has 0 unspecified atom stereocenters. The van der Waals surface area contributed by atoms with Crippen LogP contribution in [0.15, 0.2) is 24.3 Å². The van der Waals surface area contributed by atoms with Gasteiger partial charge < -0.3 is 14.4 Å². The maximum Gasteiger partial charge on any atom is 0.222 e. The molecular formula is C22H34N2O3. The van der Waals surface area contributed by atoms with Crippen molar-refractivity contribution in [2.75, 3.05) is 39.4 Å². The SMILES string of the molecule is CCOc1ccccc1OCCN1CCC2(CCC(=O)N(C(C)C)C2)CC1. The van der Waals surface area contributed by atoms with Crippen LogP contribution in [0.4, 0.5) is 0 Å². The van der Waals surface area contributed by atoms with E-state index < -0.39 is 0 Å². The number of hydrogen-bond donors (Lipinski definition) is 0. The summed E-state index contributed by atoms with van der Waals surface area (Å²) in [6.07, 6.45) is 4.13. The first-order valence-corrected chi connectivity index (χ1v) is 10.4. The van der Waals surface area contributed by atoms with Crippen molar-refractivity contribution >= 4 is 5.91 Å². The van der Waals surface area contributed by atoms with Gasteiger partial charge in [0, 0.05) is 25.6 Å². The third kappa shape index (κ3) is 4.95. The van der Waals surface area contributed by atoms with Gasteiger partial charge in [-0.25, -0.2) is 0 Å². The van der Waals surface area contributed by atoms with Crippen LogP contribution in [0.25, 0.3) is 0 Å². The molecule has 0 N–H and O–H groups in total. The lowest BCUT2D eigenvalue weighted by molar-refractivity contribution is -0.141. The van der Waals surface area contributed by atoms with Gasteiger partial charge in [-0.2, -0.15) is 0 Å². The molecule has 150 valence electrons. The Morgan fingerprint density at radius 3 is 2.37 bits per heavy atom. The van der Waals surface area contributed by atoms with Crippen LogP contribution in [0.2, 0.25) is 0 Å². The van der Waals surface area contributed by atoms with E-state index >= 15 is 0 Å². The quantitative estimate of drug-likeness (QED) is 0.732. The summed E-state index contributed by atoms with van der Waals surface area (Å²) < 4.78 is 11.6. The largest absolute Gasteiger partial charge is 0.490 e. The summed E-state index contributed by atoms with van der Waals surface area (Å²) in [5, 5.41) is 0. The average molecular weight is 375 g/mol. The zero-order valence-electron chi connectivity index (χ0n) is 17.1. The van der Waals surface area contributed by atoms with Crippen molar-refractivity contribution in [2.24, 2.45) is 5.41 Å². The number of benzene rings is 1. The lowest BCUT2D eigenvalue weighted by atomic mass is 9.72. The number of amides is 1.